The van der Waals surface area contributed by atoms with E-state index in [2.05, 4.69) is 11.5 Å². The molecule has 0 bridgehead atoms. The van der Waals surface area contributed by atoms with Crippen molar-refractivity contribution in [3.63, 3.8) is 0 Å². The van der Waals surface area contributed by atoms with Crippen LogP contribution in [0.3, 0.4) is 0 Å². The Morgan fingerprint density at radius 2 is 0.923 bits per heavy atom. The predicted octanol–water partition coefficient (Wildman–Crippen LogP) is -1.17. The number of rotatable bonds is 0. The molecule has 0 aromatic rings. The molecule has 0 aromatic carbocycles. The van der Waals surface area contributed by atoms with Crippen LogP contribution >= 0.6 is 0 Å². The summed E-state index contributed by atoms with van der Waals surface area (Å²) >= 11 is 0. The zero-order valence-corrected chi connectivity index (χ0v) is 8.62. The second-order valence-electron chi connectivity index (χ2n) is 1.40. The Labute approximate surface area is 79.7 Å². The van der Waals surface area contributed by atoms with Crippen LogP contribution in [0.1, 0.15) is 20.8 Å². The summed E-state index contributed by atoms with van der Waals surface area (Å²) in [6.07, 6.45) is 0. The van der Waals surface area contributed by atoms with Crippen LogP contribution in [0.4, 0.5) is 0 Å². The molecule has 6 nitrogen and oxygen atoms in total. The van der Waals surface area contributed by atoms with Gasteiger partial charge in [0.25, 0.3) is 0 Å². The summed E-state index contributed by atoms with van der Waals surface area (Å²) in [5, 5.41) is 28.8. The van der Waals surface area contributed by atoms with Crippen LogP contribution < -0.4 is 11.5 Å². The molecule has 0 aliphatic rings. The molecule has 0 unspecified atom stereocenters. The van der Waals surface area contributed by atoms with E-state index in [1.165, 1.54) is 0 Å². The number of hydrogen-bond donors (Lipinski definition) is 6. The topological polar surface area (TPSA) is 137 Å². The summed E-state index contributed by atoms with van der Waals surface area (Å²) in [7, 11) is 0. The maximum absolute atomic E-state index is 7.57. The molecule has 0 fully saturated rings. The van der Waals surface area contributed by atoms with E-state index >= 15 is 0 Å². The van der Waals surface area contributed by atoms with Gasteiger partial charge >= 0.3 is 0 Å². The van der Waals surface area contributed by atoms with Crippen molar-refractivity contribution in [3.05, 3.63) is 0 Å². The summed E-state index contributed by atoms with van der Waals surface area (Å²) in [6.45, 7) is 5.79. The van der Waals surface area contributed by atoms with E-state index in [0.717, 1.165) is 0 Å². The second-order valence-corrected chi connectivity index (χ2v) is 1.40. The third-order valence-electron chi connectivity index (χ3n) is 0. The number of aliphatic hydroxyl groups is 3. The summed E-state index contributed by atoms with van der Waals surface area (Å²) in [4.78, 5) is 0. The first-order valence-electron chi connectivity index (χ1n) is 3.90. The smallest absolute Gasteiger partial charge is 0.183 e. The van der Waals surface area contributed by atoms with E-state index in [0.29, 0.717) is 0 Å². The average Bonchev–Trinajstić information content (AvgIpc) is 1.88. The normalized spacial score (nSPS) is 6.00. The Balaban J connectivity index is -0.0000000420. The highest BCUT2D eigenvalue weighted by molar-refractivity contribution is 5.71. The molecule has 84 valence electrons. The number of nitrogens with one attached hydrogen (secondary N) is 1. The molecule has 0 rings (SSSR count). The molecule has 0 heterocycles. The van der Waals surface area contributed by atoms with Gasteiger partial charge in [-0.1, -0.05) is 0 Å². The van der Waals surface area contributed by atoms with E-state index in [4.69, 9.17) is 20.7 Å². The van der Waals surface area contributed by atoms with Gasteiger partial charge < -0.3 is 26.8 Å². The van der Waals surface area contributed by atoms with Crippen LogP contribution in [0.25, 0.3) is 0 Å². The fourth-order valence-electron chi connectivity index (χ4n) is 0. The Morgan fingerprint density at radius 1 is 0.923 bits per heavy atom. The molecule has 0 amide bonds. The van der Waals surface area contributed by atoms with E-state index in [-0.39, 0.29) is 25.8 Å². The molecule has 6 heteroatoms. The van der Waals surface area contributed by atoms with Gasteiger partial charge in [-0.3, -0.25) is 5.41 Å². The maximum Gasteiger partial charge on any atom is 0.183 e. The molecule has 0 atom stereocenters. The van der Waals surface area contributed by atoms with Crippen molar-refractivity contribution >= 4 is 5.96 Å². The van der Waals surface area contributed by atoms with E-state index in [1.54, 1.807) is 20.8 Å². The lowest BCUT2D eigenvalue weighted by Crippen LogP contribution is -2.20. The van der Waals surface area contributed by atoms with Gasteiger partial charge in [0.1, 0.15) is 0 Å². The average molecular weight is 197 g/mol. The van der Waals surface area contributed by atoms with Crippen LogP contribution in [0.2, 0.25) is 0 Å². The number of nitrogens with two attached hydrogens (primary N) is 2. The van der Waals surface area contributed by atoms with Crippen molar-refractivity contribution in [3.8, 4) is 0 Å². The second kappa shape index (κ2) is 43.3. The van der Waals surface area contributed by atoms with Crippen LogP contribution in [-0.2, 0) is 0 Å². The van der Waals surface area contributed by atoms with Crippen molar-refractivity contribution < 1.29 is 15.3 Å². The number of guanidine groups is 1. The highest BCUT2D eigenvalue weighted by Crippen LogP contribution is 1.30. The molecule has 0 saturated carbocycles. The molecular formula is C7H23N3O3. The van der Waals surface area contributed by atoms with Gasteiger partial charge in [0.15, 0.2) is 5.96 Å². The van der Waals surface area contributed by atoms with Crippen LogP contribution in [0.15, 0.2) is 0 Å². The molecule has 0 aromatic heterocycles. The summed E-state index contributed by atoms with van der Waals surface area (Å²) in [5.41, 5.74) is 8.94. The van der Waals surface area contributed by atoms with Crippen molar-refractivity contribution in [2.75, 3.05) is 19.8 Å². The standard InChI is InChI=1S/3C2H6O.CH5N3/c3*1-2-3;2-1(3)4/h3*3H,2H2,1H3;(H5,2,3,4). The number of hydrogen-bond acceptors (Lipinski definition) is 4. The van der Waals surface area contributed by atoms with Gasteiger partial charge in [-0.05, 0) is 20.8 Å². The van der Waals surface area contributed by atoms with Crippen molar-refractivity contribution in [2.24, 2.45) is 11.5 Å². The van der Waals surface area contributed by atoms with E-state index < -0.39 is 0 Å². The van der Waals surface area contributed by atoms with Crippen LogP contribution in [-0.4, -0.2) is 41.1 Å². The lowest BCUT2D eigenvalue weighted by molar-refractivity contribution is 0.318. The third kappa shape index (κ3) is 1290. The van der Waals surface area contributed by atoms with E-state index in [9.17, 15) is 0 Å². The largest absolute Gasteiger partial charge is 0.397 e. The monoisotopic (exact) mass is 197 g/mol. The number of aliphatic hydroxyl groups excluding tert-OH is 3. The molecule has 0 saturated heterocycles. The van der Waals surface area contributed by atoms with Gasteiger partial charge in [0.2, 0.25) is 0 Å². The molecule has 8 N–H and O–H groups in total. The SMILES string of the molecule is CCO.CCO.CCO.N=C(N)N. The molecular weight excluding hydrogens is 174 g/mol. The highest BCUT2D eigenvalue weighted by Gasteiger charge is 1.52. The Kier molecular flexibility index (Phi) is 75.8. The molecule has 0 aliphatic heterocycles. The lowest BCUT2D eigenvalue weighted by Gasteiger charge is -1.69. The van der Waals surface area contributed by atoms with Gasteiger partial charge in [0, 0.05) is 19.8 Å². The Hall–Kier alpha value is -0.850. The minimum atomic E-state index is -0.333. The Bertz CT molecular complexity index is 63.2. The minimum absolute atomic E-state index is 0.250. The fourth-order valence-corrected chi connectivity index (χ4v) is 0. The lowest BCUT2D eigenvalue weighted by atomic mass is 10.9. The van der Waals surface area contributed by atoms with Gasteiger partial charge in [-0.25, -0.2) is 0 Å². The first-order valence-corrected chi connectivity index (χ1v) is 3.90. The zero-order chi connectivity index (χ0) is 11.7. The van der Waals surface area contributed by atoms with Gasteiger partial charge in [0.05, 0.1) is 0 Å². The Morgan fingerprint density at radius 3 is 0.923 bits per heavy atom. The van der Waals surface area contributed by atoms with Crippen LogP contribution in [0.5, 0.6) is 0 Å². The molecule has 0 radical (unpaired) electrons. The highest BCUT2D eigenvalue weighted by atomic mass is 16.3. The molecule has 13 heavy (non-hydrogen) atoms. The summed E-state index contributed by atoms with van der Waals surface area (Å²) in [5.74, 6) is -0.333. The van der Waals surface area contributed by atoms with Gasteiger partial charge in [-0.2, -0.15) is 0 Å². The van der Waals surface area contributed by atoms with Gasteiger partial charge in [-0.15, -0.1) is 0 Å². The summed E-state index contributed by atoms with van der Waals surface area (Å²) in [6, 6.07) is 0. The van der Waals surface area contributed by atoms with Crippen molar-refractivity contribution in [2.45, 2.75) is 20.8 Å². The zero-order valence-electron chi connectivity index (χ0n) is 8.62. The quantitative estimate of drug-likeness (QED) is 0.215. The predicted molar refractivity (Wildman–Crippen MR) is 54.4 cm³/mol. The molecule has 0 spiro atoms. The fraction of sp³-hybridized carbons (Fsp3) is 0.857. The first-order chi connectivity index (χ1) is 5.97. The van der Waals surface area contributed by atoms with Crippen LogP contribution in [0, 0.1) is 5.41 Å². The van der Waals surface area contributed by atoms with E-state index in [1.807, 2.05) is 0 Å². The first kappa shape index (κ1) is 22.7. The summed E-state index contributed by atoms with van der Waals surface area (Å²) < 4.78 is 0. The maximum atomic E-state index is 7.57. The third-order valence-corrected chi connectivity index (χ3v) is 0. The molecule has 0 aliphatic carbocycles. The van der Waals surface area contributed by atoms with Crippen molar-refractivity contribution in [1.29, 1.82) is 5.41 Å². The van der Waals surface area contributed by atoms with Crippen molar-refractivity contribution in [1.82, 2.24) is 0 Å². The minimum Gasteiger partial charge on any atom is -0.397 e.